The number of aromatic amines is 2. The average Bonchev–Trinajstić information content (AvgIpc) is 3.98. The molecule has 3 rings (SSSR count). The highest BCUT2D eigenvalue weighted by Crippen LogP contribution is 2.20. The van der Waals surface area contributed by atoms with Gasteiger partial charge in [0, 0.05) is 54.8 Å². The molecule has 73 heavy (non-hydrogen) atoms. The Morgan fingerprint density at radius 3 is 1.86 bits per heavy atom. The van der Waals surface area contributed by atoms with Crippen molar-refractivity contribution in [3.8, 4) is 0 Å². The van der Waals surface area contributed by atoms with Crippen LogP contribution in [0.25, 0.3) is 10.9 Å². The molecule has 0 radical (unpaired) electrons. The van der Waals surface area contributed by atoms with Crippen LogP contribution < -0.4 is 60.2 Å². The number of primary amides is 1. The number of carboxylic acid groups (broad SMARTS) is 2. The van der Waals surface area contributed by atoms with Gasteiger partial charge in [-0.15, -0.1) is 0 Å². The standard InChI is InChI=1S/C45H67N15O13/c1-21(2)14-31(57-39(67)29(10-7-13-51-45(48)49)55-37(65)22(3)54-43(71)36(23(4)61)60-38(66)27(46)17-35(63)64)41(69)56-30(11-12-34(47)62)40(68)58-32(15-24-18-52-28-9-6-5-8-26(24)28)42(70)59-33(44(72)73)16-25-19-50-20-53-25/h5-6,8-9,18-23,27,29-33,36,52,61H,7,10-17,46H2,1-4H3,(H2,47,62)(H,50,53)(H,54,71)(H,55,65)(H,56,69)(H,57,67)(H,58,68)(H,59,70)(H,60,66)(H,63,64)(H,72,73)(H4,48,49,51)/t22-,23+,27-,29-,30-,31-,32-,33-,36-/m0/s1. The van der Waals surface area contributed by atoms with Crippen LogP contribution in [0.4, 0.5) is 0 Å². The number of aliphatic hydroxyl groups is 1. The summed E-state index contributed by atoms with van der Waals surface area (Å²) >= 11 is 0. The number of fused-ring (bicyclic) bond motifs is 1. The van der Waals surface area contributed by atoms with E-state index in [1.165, 1.54) is 19.4 Å². The number of hydrogen-bond donors (Lipinski definition) is 16. The summed E-state index contributed by atoms with van der Waals surface area (Å²) < 4.78 is 0. The maximum absolute atomic E-state index is 14.3. The Balaban J connectivity index is 1.89. The number of benzene rings is 1. The van der Waals surface area contributed by atoms with Crippen molar-refractivity contribution >= 4 is 76.1 Å². The van der Waals surface area contributed by atoms with Crippen LogP contribution in [0.2, 0.25) is 0 Å². The lowest BCUT2D eigenvalue weighted by Gasteiger charge is -2.28. The first-order valence-electron chi connectivity index (χ1n) is 23.2. The van der Waals surface area contributed by atoms with Gasteiger partial charge in [0.2, 0.25) is 47.3 Å². The van der Waals surface area contributed by atoms with Crippen LogP contribution in [0.1, 0.15) is 77.5 Å². The molecule has 28 nitrogen and oxygen atoms in total. The van der Waals surface area contributed by atoms with Gasteiger partial charge < -0.3 is 85.4 Å². The second-order valence-corrected chi connectivity index (χ2v) is 17.7. The summed E-state index contributed by atoms with van der Waals surface area (Å²) in [6.45, 7) is 5.84. The van der Waals surface area contributed by atoms with Gasteiger partial charge in [-0.05, 0) is 57.1 Å². The van der Waals surface area contributed by atoms with Crippen LogP contribution >= 0.6 is 0 Å². The van der Waals surface area contributed by atoms with E-state index in [2.05, 4.69) is 57.2 Å². The summed E-state index contributed by atoms with van der Waals surface area (Å²) in [5, 5.41) is 47.1. The molecule has 0 spiro atoms. The molecule has 0 saturated carbocycles. The van der Waals surface area contributed by atoms with Crippen molar-refractivity contribution in [2.24, 2.45) is 33.8 Å². The molecule has 28 heteroatoms. The fourth-order valence-electron chi connectivity index (χ4n) is 7.28. The van der Waals surface area contributed by atoms with Crippen LogP contribution in [-0.2, 0) is 60.8 Å². The van der Waals surface area contributed by atoms with E-state index in [1.807, 2.05) is 0 Å². The molecular weight excluding hydrogens is 959 g/mol. The second kappa shape index (κ2) is 28.6. The van der Waals surface area contributed by atoms with Gasteiger partial charge in [0.05, 0.1) is 24.9 Å². The van der Waals surface area contributed by atoms with Crippen LogP contribution in [0.5, 0.6) is 0 Å². The number of carbonyl (C=O) groups is 10. The first kappa shape index (κ1) is 59.2. The molecule has 1 aromatic carbocycles. The summed E-state index contributed by atoms with van der Waals surface area (Å²) in [4.78, 5) is 145. The van der Waals surface area contributed by atoms with Crippen LogP contribution in [0, 0.1) is 5.92 Å². The summed E-state index contributed by atoms with van der Waals surface area (Å²) in [5.74, 6) is -10.9. The Bertz CT molecular complexity index is 2440. The zero-order chi connectivity index (χ0) is 54.5. The van der Waals surface area contributed by atoms with Crippen LogP contribution in [-0.4, -0.2) is 156 Å². The number of guanidine groups is 1. The minimum atomic E-state index is -1.68. The maximum Gasteiger partial charge on any atom is 0.326 e. The third-order valence-electron chi connectivity index (χ3n) is 11.1. The number of aliphatic imine (C=N–C) groups is 1. The molecule has 2 heterocycles. The van der Waals surface area contributed by atoms with Gasteiger partial charge in [-0.2, -0.15) is 0 Å². The molecule has 0 saturated heterocycles. The van der Waals surface area contributed by atoms with E-state index in [0.717, 1.165) is 6.92 Å². The van der Waals surface area contributed by atoms with E-state index in [-0.39, 0.29) is 56.9 Å². The molecule has 3 aromatic rings. The highest BCUT2D eigenvalue weighted by Gasteiger charge is 2.35. The Morgan fingerprint density at radius 2 is 1.27 bits per heavy atom. The molecule has 0 fully saturated rings. The van der Waals surface area contributed by atoms with Crippen molar-refractivity contribution in [3.05, 3.63) is 54.2 Å². The predicted molar refractivity (Wildman–Crippen MR) is 261 cm³/mol. The molecule has 0 aliphatic carbocycles. The largest absolute Gasteiger partial charge is 0.481 e. The molecule has 20 N–H and O–H groups in total. The molecule has 0 bridgehead atoms. The minimum Gasteiger partial charge on any atom is -0.481 e. The molecule has 400 valence electrons. The van der Waals surface area contributed by atoms with Crippen molar-refractivity contribution in [1.29, 1.82) is 0 Å². The quantitative estimate of drug-likeness (QED) is 0.0165. The lowest BCUT2D eigenvalue weighted by Crippen LogP contribution is -2.61. The number of aliphatic hydroxyl groups excluding tert-OH is 1. The summed E-state index contributed by atoms with van der Waals surface area (Å²) in [6.07, 6.45) is 0.789. The van der Waals surface area contributed by atoms with Crippen molar-refractivity contribution in [2.45, 2.75) is 134 Å². The van der Waals surface area contributed by atoms with E-state index in [4.69, 9.17) is 28.0 Å². The number of para-hydroxylation sites is 1. The highest BCUT2D eigenvalue weighted by molar-refractivity contribution is 5.98. The summed E-state index contributed by atoms with van der Waals surface area (Å²) in [6, 6.07) is -4.90. The van der Waals surface area contributed by atoms with Gasteiger partial charge in [-0.1, -0.05) is 32.0 Å². The third-order valence-corrected chi connectivity index (χ3v) is 11.1. The van der Waals surface area contributed by atoms with Crippen molar-refractivity contribution in [3.63, 3.8) is 0 Å². The monoisotopic (exact) mass is 1030 g/mol. The molecule has 0 aliphatic heterocycles. The fourth-order valence-corrected chi connectivity index (χ4v) is 7.28. The van der Waals surface area contributed by atoms with E-state index < -0.39 is 126 Å². The van der Waals surface area contributed by atoms with Crippen molar-refractivity contribution in [2.75, 3.05) is 6.54 Å². The average molecular weight is 1030 g/mol. The fraction of sp³-hybridized carbons (Fsp3) is 0.511. The zero-order valence-corrected chi connectivity index (χ0v) is 40.8. The minimum absolute atomic E-state index is 0.00115. The van der Waals surface area contributed by atoms with Crippen molar-refractivity contribution < 1.29 is 63.3 Å². The number of aliphatic carboxylic acids is 2. The van der Waals surface area contributed by atoms with Crippen LogP contribution in [0.3, 0.4) is 0 Å². The lowest BCUT2D eigenvalue weighted by molar-refractivity contribution is -0.142. The normalized spacial score (nSPS) is 14.8. The maximum atomic E-state index is 14.3. The molecule has 0 unspecified atom stereocenters. The van der Waals surface area contributed by atoms with Gasteiger partial charge in [0.15, 0.2) is 5.96 Å². The summed E-state index contributed by atoms with van der Waals surface area (Å²) in [7, 11) is 0. The Kier molecular flexibility index (Phi) is 23.2. The number of carboxylic acids is 2. The highest BCUT2D eigenvalue weighted by atomic mass is 16.4. The predicted octanol–water partition coefficient (Wildman–Crippen LogP) is -4.28. The van der Waals surface area contributed by atoms with Gasteiger partial charge >= 0.3 is 11.9 Å². The van der Waals surface area contributed by atoms with Gasteiger partial charge in [-0.25, -0.2) is 9.78 Å². The summed E-state index contributed by atoms with van der Waals surface area (Å²) in [5.41, 5.74) is 23.6. The molecular formula is C45H67N15O13. The molecule has 2 aromatic heterocycles. The number of rotatable bonds is 31. The Hall–Kier alpha value is -8.14. The topological polar surface area (TPSA) is 477 Å². The number of nitrogens with two attached hydrogens (primary N) is 4. The number of amides is 8. The van der Waals surface area contributed by atoms with Gasteiger partial charge in [-0.3, -0.25) is 48.1 Å². The second-order valence-electron chi connectivity index (χ2n) is 17.7. The smallest absolute Gasteiger partial charge is 0.326 e. The first-order chi connectivity index (χ1) is 34.4. The number of imidazole rings is 1. The van der Waals surface area contributed by atoms with Crippen molar-refractivity contribution in [1.82, 2.24) is 52.2 Å². The van der Waals surface area contributed by atoms with E-state index >= 15 is 0 Å². The van der Waals surface area contributed by atoms with Gasteiger partial charge in [0.1, 0.15) is 42.3 Å². The number of hydrogen-bond acceptors (Lipinski definition) is 14. The first-order valence-corrected chi connectivity index (χ1v) is 23.2. The zero-order valence-electron chi connectivity index (χ0n) is 40.8. The number of aromatic nitrogens is 3. The molecule has 9 atom stereocenters. The van der Waals surface area contributed by atoms with Gasteiger partial charge in [0.25, 0.3) is 0 Å². The number of nitrogens with one attached hydrogen (secondary N) is 9. The number of H-pyrrole nitrogens is 2. The third kappa shape index (κ3) is 19.9. The van der Waals surface area contributed by atoms with Crippen LogP contribution in [0.15, 0.2) is 48.0 Å². The Labute approximate surface area is 418 Å². The van der Waals surface area contributed by atoms with E-state index in [1.54, 1.807) is 44.3 Å². The van der Waals surface area contributed by atoms with E-state index in [0.29, 0.717) is 22.2 Å². The number of nitrogens with zero attached hydrogens (tertiary/aromatic N) is 2. The Morgan fingerprint density at radius 1 is 0.685 bits per heavy atom. The molecule has 8 amide bonds. The SMILES string of the molecule is CC(C)C[C@H](NC(=O)[C@H](CCCN=C(N)N)NC(=O)[C@H](C)NC(=O)[C@@H](NC(=O)[C@@H](N)CC(=O)O)[C@@H](C)O)C(=O)N[C@@H](CCC(N)=O)C(=O)N[C@@H](Cc1c[nH]c2ccccc12)C(=O)N[C@@H](Cc1cnc[nH]1)C(=O)O. The lowest BCUT2D eigenvalue weighted by atomic mass is 10.00. The molecule has 0 aliphatic rings. The number of carbonyl (C=O) groups excluding carboxylic acids is 8. The van der Waals surface area contributed by atoms with E-state index in [9.17, 15) is 58.2 Å².